The van der Waals surface area contributed by atoms with E-state index in [1.165, 1.54) is 0 Å². The van der Waals surface area contributed by atoms with Crippen LogP contribution in [0, 0.1) is 10.1 Å². The summed E-state index contributed by atoms with van der Waals surface area (Å²) < 4.78 is 0. The Labute approximate surface area is 33.1 Å². The molecule has 0 unspecified atom stereocenters. The van der Waals surface area contributed by atoms with Gasteiger partial charge in [-0.3, -0.25) is 10.1 Å². The normalized spacial score (nSPS) is 7.20. The Morgan fingerprint density at radius 2 is 2.20 bits per heavy atom. The summed E-state index contributed by atoms with van der Waals surface area (Å²) in [5.41, 5.74) is 0. The molecule has 0 fully saturated rings. The lowest BCUT2D eigenvalue weighted by Crippen LogP contribution is -2.03. The van der Waals surface area contributed by atoms with Crippen LogP contribution in [-0.2, 0) is 0 Å². The molecule has 0 aliphatic carbocycles. The van der Waals surface area contributed by atoms with Crippen LogP contribution in [0.3, 0.4) is 0 Å². The van der Waals surface area contributed by atoms with Gasteiger partial charge in [0, 0.05) is 0 Å². The van der Waals surface area contributed by atoms with Crippen molar-refractivity contribution in [1.82, 2.24) is 0 Å². The summed E-state index contributed by atoms with van der Waals surface area (Å²) in [6, 6.07) is 0. The van der Waals surface area contributed by atoms with Crippen LogP contribution in [0.5, 0.6) is 0 Å². The van der Waals surface area contributed by atoms with E-state index < -0.39 is 0 Å². The molecule has 0 atom stereocenters. The van der Waals surface area contributed by atoms with Gasteiger partial charge < -0.3 is 0 Å². The maximum atomic E-state index is 9.21. The maximum absolute atomic E-state index is 9.21. The minimum atomic E-state index is -0.313. The molecule has 5 heavy (non-hydrogen) atoms. The molecule has 0 amide bonds. The molecule has 0 radical (unpaired) electrons. The van der Waals surface area contributed by atoms with Gasteiger partial charge in [-0.1, -0.05) is 4.83 Å². The van der Waals surface area contributed by atoms with Crippen molar-refractivity contribution < 1.29 is 4.83 Å². The third kappa shape index (κ3) is 3.68. The van der Waals surface area contributed by atoms with Crippen molar-refractivity contribution in [2.45, 2.75) is 0 Å². The first kappa shape index (κ1) is 4.68. The highest BCUT2D eigenvalue weighted by atomic mass is 28.1. The highest BCUT2D eigenvalue weighted by molar-refractivity contribution is 6.84. The van der Waals surface area contributed by atoms with Gasteiger partial charge in [-0.05, 0) is 0 Å². The Bertz CT molecular complexity index is 44.9. The third-order valence-corrected chi connectivity index (χ3v) is 0.775. The number of nitro groups is 1. The van der Waals surface area contributed by atoms with Crippen molar-refractivity contribution in [2.75, 3.05) is 0 Å². The van der Waals surface area contributed by atoms with Crippen molar-refractivity contribution >= 4 is 17.1 Å². The molecule has 0 aromatic heterocycles. The van der Waals surface area contributed by atoms with E-state index in [9.17, 15) is 10.1 Å². The predicted molar refractivity (Wildman–Crippen MR) is 24.1 cm³/mol. The molecule has 0 N–H and O–H groups in total. The zero-order valence-electron chi connectivity index (χ0n) is 2.97. The Hall–Kier alpha value is -0.318. The van der Waals surface area contributed by atoms with Crippen molar-refractivity contribution in [3.8, 4) is 0 Å². The molecule has 0 aliphatic rings. The molecule has 3 nitrogen and oxygen atoms in total. The summed E-state index contributed by atoms with van der Waals surface area (Å²) >= 11 is 0. The molecule has 0 aromatic carbocycles. The number of nitrogens with zero attached hydrogens (tertiary/aromatic N) is 1. The summed E-state index contributed by atoms with van der Waals surface area (Å²) in [4.78, 5) is 8.90. The van der Waals surface area contributed by atoms with E-state index in [2.05, 4.69) is 0 Å². The topological polar surface area (TPSA) is 43.1 Å². The average molecular weight is 88.9 g/mol. The summed E-state index contributed by atoms with van der Waals surface area (Å²) in [6.07, 6.45) is 0. The van der Waals surface area contributed by atoms with E-state index >= 15 is 0 Å². The summed E-state index contributed by atoms with van der Waals surface area (Å²) in [5.74, 6) is 0. The van der Waals surface area contributed by atoms with Gasteiger partial charge in [0.15, 0.2) is 0 Å². The Balaban J connectivity index is 2.85. The summed E-state index contributed by atoms with van der Waals surface area (Å²) in [7, 11) is 0.841. The second-order valence-corrected chi connectivity index (χ2v) is 1.28. The van der Waals surface area contributed by atoms with Crippen molar-refractivity contribution in [2.24, 2.45) is 0 Å². The van der Waals surface area contributed by atoms with Gasteiger partial charge >= 0.3 is 7.01 Å². The van der Waals surface area contributed by atoms with E-state index in [4.69, 9.17) is 0 Å². The predicted octanol–water partition coefficient (Wildman–Crippen LogP) is -2.11. The fourth-order valence-electron chi connectivity index (χ4n) is 0. The fraction of sp³-hybridized carbons (Fsp3) is 0. The standard InChI is InChI=1S/BH4NO2Si/c3-2(4)1-5/h1H,5H3. The van der Waals surface area contributed by atoms with Crippen LogP contribution in [0.1, 0.15) is 0 Å². The molecular formula is H4BNO2Si. The number of hydrogen-bond donors (Lipinski definition) is 0. The lowest BCUT2D eigenvalue weighted by atomic mass is 10.5. The molecule has 0 aromatic rings. The van der Waals surface area contributed by atoms with Gasteiger partial charge in [0.1, 0.15) is 0 Å². The quantitative estimate of drug-likeness (QED) is 0.210. The van der Waals surface area contributed by atoms with Crippen LogP contribution >= 0.6 is 0 Å². The van der Waals surface area contributed by atoms with Gasteiger partial charge in [-0.25, -0.2) is 0 Å². The number of hydrogen-bond acceptors (Lipinski definition) is 2. The Kier molecular flexibility index (Phi) is 1.83. The second-order valence-electron chi connectivity index (χ2n) is 0.649. The van der Waals surface area contributed by atoms with Crippen LogP contribution in [-0.4, -0.2) is 22.0 Å². The van der Waals surface area contributed by atoms with Crippen LogP contribution < -0.4 is 0 Å². The molecule has 0 spiro atoms. The summed E-state index contributed by atoms with van der Waals surface area (Å²) in [5, 5.41) is 9.21. The Morgan fingerprint density at radius 1 is 2.00 bits per heavy atom. The van der Waals surface area contributed by atoms with Crippen molar-refractivity contribution in [1.29, 1.82) is 0 Å². The molecule has 0 saturated carbocycles. The van der Waals surface area contributed by atoms with E-state index in [0.29, 0.717) is 10.1 Å². The molecule has 0 heterocycles. The lowest BCUT2D eigenvalue weighted by Gasteiger charge is -1.72. The van der Waals surface area contributed by atoms with Crippen LogP contribution in [0.15, 0.2) is 0 Å². The molecule has 28 valence electrons. The van der Waals surface area contributed by atoms with Crippen LogP contribution in [0.25, 0.3) is 0 Å². The zero-order valence-corrected chi connectivity index (χ0v) is 4.97. The van der Waals surface area contributed by atoms with Gasteiger partial charge in [0.2, 0.25) is 0 Å². The minimum absolute atomic E-state index is 0.167. The average Bonchev–Trinajstić information content (AvgIpc) is 1.38. The fourth-order valence-corrected chi connectivity index (χ4v) is 0. The third-order valence-electron chi connectivity index (χ3n) is 0.258. The SMILES string of the molecule is O=[N+]([O-])B[SiH3]. The largest absolute Gasteiger partial charge is 0.496 e. The maximum Gasteiger partial charge on any atom is 0.496 e. The van der Waals surface area contributed by atoms with E-state index in [-0.39, 0.29) is 11.8 Å². The first-order valence-corrected chi connectivity index (χ1v) is 2.80. The van der Waals surface area contributed by atoms with Gasteiger partial charge in [-0.2, -0.15) is 0 Å². The van der Waals surface area contributed by atoms with E-state index in [1.807, 2.05) is 0 Å². The first-order chi connectivity index (χ1) is 2.27. The van der Waals surface area contributed by atoms with Gasteiger partial charge in [0.05, 0.1) is 10.1 Å². The minimum Gasteiger partial charge on any atom is -0.294 e. The molecule has 0 rings (SSSR count). The second kappa shape index (κ2) is 1.95. The monoisotopic (exact) mass is 89.0 g/mol. The van der Waals surface area contributed by atoms with Crippen LogP contribution in [0.4, 0.5) is 0 Å². The highest BCUT2D eigenvalue weighted by Crippen LogP contribution is 1.47. The van der Waals surface area contributed by atoms with E-state index in [0.717, 1.165) is 0 Å². The van der Waals surface area contributed by atoms with Crippen molar-refractivity contribution in [3.63, 3.8) is 0 Å². The van der Waals surface area contributed by atoms with Gasteiger partial charge in [0.25, 0.3) is 0 Å². The molecule has 0 bridgehead atoms. The zero-order chi connectivity index (χ0) is 4.28. The molecular weight excluding hydrogens is 84.9 g/mol. The molecule has 5 heteroatoms. The highest BCUT2D eigenvalue weighted by Gasteiger charge is 1.86. The van der Waals surface area contributed by atoms with Crippen LogP contribution in [0.2, 0.25) is 0 Å². The number of rotatable bonds is 1. The molecule has 0 saturated heterocycles. The van der Waals surface area contributed by atoms with Crippen molar-refractivity contribution in [3.05, 3.63) is 10.1 Å². The lowest BCUT2D eigenvalue weighted by molar-refractivity contribution is -0.316. The van der Waals surface area contributed by atoms with E-state index in [1.54, 1.807) is 0 Å². The Morgan fingerprint density at radius 3 is 2.20 bits per heavy atom. The summed E-state index contributed by atoms with van der Waals surface area (Å²) in [6.45, 7) is 0. The van der Waals surface area contributed by atoms with Gasteiger partial charge in [-0.15, -0.1) is 0 Å². The first-order valence-electron chi connectivity index (χ1n) is 1.39. The molecule has 0 aliphatic heterocycles. The smallest absolute Gasteiger partial charge is 0.294 e.